The molecule has 0 aromatic carbocycles. The average molecular weight is 187 g/mol. The van der Waals surface area contributed by atoms with Crippen LogP contribution < -0.4 is 0 Å². The van der Waals surface area contributed by atoms with Crippen molar-refractivity contribution in [2.24, 2.45) is 0 Å². The summed E-state index contributed by atoms with van der Waals surface area (Å²) in [6, 6.07) is -0.597. The van der Waals surface area contributed by atoms with Gasteiger partial charge < -0.3 is 15.1 Å². The molecule has 0 spiro atoms. The predicted molar refractivity (Wildman–Crippen MR) is 50.1 cm³/mol. The molecule has 2 atom stereocenters. The van der Waals surface area contributed by atoms with Crippen LogP contribution in [0.1, 0.15) is 13.8 Å². The smallest absolute Gasteiger partial charge is 0.246 e. The van der Waals surface area contributed by atoms with Crippen LogP contribution >= 0.6 is 0 Å². The molecular weight excluding hydrogens is 170 g/mol. The summed E-state index contributed by atoms with van der Waals surface area (Å²) in [4.78, 5) is 12.7. The van der Waals surface area contributed by atoms with Crippen LogP contribution in [0.2, 0.25) is 0 Å². The maximum atomic E-state index is 11.3. The second-order valence-electron chi connectivity index (χ2n) is 3.01. The van der Waals surface area contributed by atoms with Gasteiger partial charge in [-0.25, -0.2) is 0 Å². The van der Waals surface area contributed by atoms with Gasteiger partial charge in [-0.1, -0.05) is 6.58 Å². The normalized spacial score (nSPS) is 14.8. The largest absolute Gasteiger partial charge is 0.394 e. The van der Waals surface area contributed by atoms with Gasteiger partial charge in [0.25, 0.3) is 0 Å². The first-order chi connectivity index (χ1) is 6.08. The number of aliphatic hydroxyl groups is 2. The Morgan fingerprint density at radius 3 is 2.00 bits per heavy atom. The SMILES string of the molecule is C=CC(=O)N(C(C)CO)C(C)CO. The molecule has 0 aromatic rings. The highest BCUT2D eigenvalue weighted by atomic mass is 16.3. The minimum absolute atomic E-state index is 0.121. The zero-order valence-electron chi connectivity index (χ0n) is 8.10. The number of nitrogens with zero attached hydrogens (tertiary/aromatic N) is 1. The fourth-order valence-electron chi connectivity index (χ4n) is 1.15. The molecule has 0 radical (unpaired) electrons. The summed E-state index contributed by atoms with van der Waals surface area (Å²) in [5.41, 5.74) is 0. The number of carbonyl (C=O) groups excluding carboxylic acids is 1. The summed E-state index contributed by atoms with van der Waals surface area (Å²) in [6.45, 7) is 6.55. The zero-order valence-corrected chi connectivity index (χ0v) is 8.10. The molecule has 0 saturated heterocycles. The van der Waals surface area contributed by atoms with Crippen LogP contribution in [-0.4, -0.2) is 46.3 Å². The van der Waals surface area contributed by atoms with Crippen molar-refractivity contribution in [2.45, 2.75) is 25.9 Å². The average Bonchev–Trinajstić information content (AvgIpc) is 2.16. The summed E-state index contributed by atoms with van der Waals surface area (Å²) in [7, 11) is 0. The van der Waals surface area contributed by atoms with Gasteiger partial charge in [-0.2, -0.15) is 0 Å². The quantitative estimate of drug-likeness (QED) is 0.584. The topological polar surface area (TPSA) is 60.8 Å². The standard InChI is InChI=1S/C9H17NO3/c1-4-9(13)10(7(2)5-11)8(3)6-12/h4,7-8,11-12H,1,5-6H2,2-3H3. The lowest BCUT2D eigenvalue weighted by atomic mass is 10.2. The monoisotopic (exact) mass is 187 g/mol. The number of carbonyl (C=O) groups is 1. The van der Waals surface area contributed by atoms with Gasteiger partial charge in [0.15, 0.2) is 0 Å². The molecule has 0 aliphatic rings. The van der Waals surface area contributed by atoms with Crippen molar-refractivity contribution in [3.05, 3.63) is 12.7 Å². The van der Waals surface area contributed by atoms with Gasteiger partial charge in [-0.05, 0) is 19.9 Å². The zero-order chi connectivity index (χ0) is 10.4. The number of hydrogen-bond donors (Lipinski definition) is 2. The Balaban J connectivity index is 4.53. The van der Waals surface area contributed by atoms with Crippen LogP contribution in [0.5, 0.6) is 0 Å². The number of rotatable bonds is 5. The Bertz CT molecular complexity index is 172. The van der Waals surface area contributed by atoms with Gasteiger partial charge in [0.2, 0.25) is 5.91 Å². The van der Waals surface area contributed by atoms with Gasteiger partial charge >= 0.3 is 0 Å². The molecule has 13 heavy (non-hydrogen) atoms. The lowest BCUT2D eigenvalue weighted by molar-refractivity contribution is -0.132. The van der Waals surface area contributed by atoms with E-state index in [0.717, 1.165) is 0 Å². The van der Waals surface area contributed by atoms with Crippen LogP contribution in [0.3, 0.4) is 0 Å². The molecule has 4 nitrogen and oxygen atoms in total. The summed E-state index contributed by atoms with van der Waals surface area (Å²) in [5, 5.41) is 17.8. The fourth-order valence-corrected chi connectivity index (χ4v) is 1.15. The maximum absolute atomic E-state index is 11.3. The highest BCUT2D eigenvalue weighted by Crippen LogP contribution is 2.06. The van der Waals surface area contributed by atoms with Crippen molar-refractivity contribution in [2.75, 3.05) is 13.2 Å². The first-order valence-corrected chi connectivity index (χ1v) is 4.24. The third-order valence-corrected chi connectivity index (χ3v) is 1.91. The van der Waals surface area contributed by atoms with Crippen LogP contribution in [0, 0.1) is 0 Å². The second-order valence-corrected chi connectivity index (χ2v) is 3.01. The van der Waals surface area contributed by atoms with E-state index in [1.165, 1.54) is 11.0 Å². The van der Waals surface area contributed by atoms with Gasteiger partial charge in [0.05, 0.1) is 25.3 Å². The van der Waals surface area contributed by atoms with E-state index in [9.17, 15) is 4.79 Å². The van der Waals surface area contributed by atoms with Crippen molar-refractivity contribution >= 4 is 5.91 Å². The third-order valence-electron chi connectivity index (χ3n) is 1.91. The minimum atomic E-state index is -0.298. The Kier molecular flexibility index (Phi) is 5.34. The van der Waals surface area contributed by atoms with Crippen molar-refractivity contribution in [1.29, 1.82) is 0 Å². The molecule has 0 heterocycles. The highest BCUT2D eigenvalue weighted by molar-refractivity contribution is 5.87. The molecule has 1 amide bonds. The maximum Gasteiger partial charge on any atom is 0.246 e. The van der Waals surface area contributed by atoms with Crippen LogP contribution in [-0.2, 0) is 4.79 Å². The number of amides is 1. The molecule has 4 heteroatoms. The van der Waals surface area contributed by atoms with Crippen molar-refractivity contribution in [1.82, 2.24) is 4.90 Å². The van der Waals surface area contributed by atoms with Crippen LogP contribution in [0.15, 0.2) is 12.7 Å². The van der Waals surface area contributed by atoms with E-state index in [-0.39, 0.29) is 31.2 Å². The Labute approximate surface area is 78.5 Å². The van der Waals surface area contributed by atoms with E-state index in [2.05, 4.69) is 6.58 Å². The minimum Gasteiger partial charge on any atom is -0.394 e. The first-order valence-electron chi connectivity index (χ1n) is 4.24. The summed E-state index contributed by atoms with van der Waals surface area (Å²) >= 11 is 0. The molecule has 0 bridgehead atoms. The van der Waals surface area contributed by atoms with E-state index in [0.29, 0.717) is 0 Å². The molecular formula is C9H17NO3. The van der Waals surface area contributed by atoms with E-state index in [1.807, 2.05) is 0 Å². The van der Waals surface area contributed by atoms with Crippen molar-refractivity contribution in [3.63, 3.8) is 0 Å². The van der Waals surface area contributed by atoms with Gasteiger partial charge in [-0.15, -0.1) is 0 Å². The molecule has 0 rings (SSSR count). The van der Waals surface area contributed by atoms with E-state index in [4.69, 9.17) is 10.2 Å². The number of aliphatic hydroxyl groups excluding tert-OH is 2. The molecule has 2 unspecified atom stereocenters. The Morgan fingerprint density at radius 2 is 1.77 bits per heavy atom. The second kappa shape index (κ2) is 5.72. The molecule has 0 saturated carbocycles. The van der Waals surface area contributed by atoms with E-state index in [1.54, 1.807) is 13.8 Å². The Morgan fingerprint density at radius 1 is 1.38 bits per heavy atom. The molecule has 0 aliphatic carbocycles. The van der Waals surface area contributed by atoms with E-state index < -0.39 is 0 Å². The summed E-state index contributed by atoms with van der Waals surface area (Å²) < 4.78 is 0. The van der Waals surface area contributed by atoms with Crippen LogP contribution in [0.25, 0.3) is 0 Å². The molecule has 0 aromatic heterocycles. The molecule has 0 fully saturated rings. The molecule has 2 N–H and O–H groups in total. The Hall–Kier alpha value is -0.870. The number of hydrogen-bond acceptors (Lipinski definition) is 3. The van der Waals surface area contributed by atoms with Gasteiger partial charge in [0, 0.05) is 0 Å². The molecule has 0 aliphatic heterocycles. The fraction of sp³-hybridized carbons (Fsp3) is 0.667. The predicted octanol–water partition coefficient (Wildman–Crippen LogP) is -0.237. The van der Waals surface area contributed by atoms with Crippen LogP contribution in [0.4, 0.5) is 0 Å². The third kappa shape index (κ3) is 3.16. The van der Waals surface area contributed by atoms with Crippen molar-refractivity contribution in [3.8, 4) is 0 Å². The first kappa shape index (κ1) is 12.1. The highest BCUT2D eigenvalue weighted by Gasteiger charge is 2.22. The van der Waals surface area contributed by atoms with Gasteiger partial charge in [0.1, 0.15) is 0 Å². The van der Waals surface area contributed by atoms with Crippen molar-refractivity contribution < 1.29 is 15.0 Å². The molecule has 76 valence electrons. The lowest BCUT2D eigenvalue weighted by Crippen LogP contribution is -2.47. The summed E-state index contributed by atoms with van der Waals surface area (Å²) in [5.74, 6) is -0.275. The van der Waals surface area contributed by atoms with E-state index >= 15 is 0 Å². The summed E-state index contributed by atoms with van der Waals surface area (Å²) in [6.07, 6.45) is 1.18. The van der Waals surface area contributed by atoms with Gasteiger partial charge in [-0.3, -0.25) is 4.79 Å². The lowest BCUT2D eigenvalue weighted by Gasteiger charge is -2.31.